The van der Waals surface area contributed by atoms with Crippen molar-refractivity contribution in [2.75, 3.05) is 17.7 Å². The molecule has 2 aromatic rings. The minimum atomic E-state index is 0.574. The number of aromatic nitrogens is 2. The van der Waals surface area contributed by atoms with Gasteiger partial charge in [0.15, 0.2) is 0 Å². The van der Waals surface area contributed by atoms with Gasteiger partial charge in [-0.3, -0.25) is 0 Å². The van der Waals surface area contributed by atoms with Crippen LogP contribution >= 0.6 is 31.9 Å². The van der Waals surface area contributed by atoms with E-state index in [4.69, 9.17) is 0 Å². The number of hydrogen-bond donors (Lipinski definition) is 2. The van der Waals surface area contributed by atoms with Gasteiger partial charge in [-0.15, -0.1) is 0 Å². The Morgan fingerprint density at radius 1 is 1.22 bits per heavy atom. The van der Waals surface area contributed by atoms with Crippen LogP contribution in [0.4, 0.5) is 17.5 Å². The van der Waals surface area contributed by atoms with Gasteiger partial charge in [-0.25, -0.2) is 4.98 Å². The second-order valence-corrected chi connectivity index (χ2v) is 5.35. The number of anilines is 3. The normalized spacial score (nSPS) is 10.2. The van der Waals surface area contributed by atoms with Crippen molar-refractivity contribution in [3.63, 3.8) is 0 Å². The first kappa shape index (κ1) is 13.3. The molecule has 1 aromatic heterocycles. The highest BCUT2D eigenvalue weighted by Crippen LogP contribution is 2.30. The van der Waals surface area contributed by atoms with Crippen molar-refractivity contribution in [1.82, 2.24) is 9.97 Å². The van der Waals surface area contributed by atoms with Crippen molar-refractivity contribution in [1.29, 1.82) is 0 Å². The fraction of sp³-hybridized carbons (Fsp3) is 0.167. The van der Waals surface area contributed by atoms with E-state index in [0.717, 1.165) is 20.5 Å². The molecule has 0 atom stereocenters. The minimum Gasteiger partial charge on any atom is -0.357 e. The summed E-state index contributed by atoms with van der Waals surface area (Å²) in [5.74, 6) is 1.30. The van der Waals surface area contributed by atoms with Crippen LogP contribution in [0.25, 0.3) is 0 Å². The molecule has 0 amide bonds. The summed E-state index contributed by atoms with van der Waals surface area (Å²) in [7, 11) is 1.79. The summed E-state index contributed by atoms with van der Waals surface area (Å²) in [5.41, 5.74) is 2.13. The molecular formula is C12H12Br2N4. The molecule has 4 nitrogen and oxygen atoms in total. The maximum Gasteiger partial charge on any atom is 0.224 e. The molecule has 0 unspecified atom stereocenters. The third-order valence-electron chi connectivity index (χ3n) is 2.41. The van der Waals surface area contributed by atoms with Gasteiger partial charge < -0.3 is 10.6 Å². The van der Waals surface area contributed by atoms with Crippen LogP contribution in [0.3, 0.4) is 0 Å². The van der Waals surface area contributed by atoms with Crippen LogP contribution in [0.2, 0.25) is 0 Å². The summed E-state index contributed by atoms with van der Waals surface area (Å²) in [6.07, 6.45) is 1.71. The predicted octanol–water partition coefficient (Wildman–Crippen LogP) is 4.10. The van der Waals surface area contributed by atoms with E-state index in [0.29, 0.717) is 5.95 Å². The Balaban J connectivity index is 2.36. The van der Waals surface area contributed by atoms with Crippen LogP contribution in [0.1, 0.15) is 5.56 Å². The zero-order valence-electron chi connectivity index (χ0n) is 9.96. The molecule has 0 bridgehead atoms. The second-order valence-electron chi connectivity index (χ2n) is 3.70. The molecule has 2 rings (SSSR count). The fourth-order valence-corrected chi connectivity index (χ4v) is 2.10. The maximum absolute atomic E-state index is 4.36. The third kappa shape index (κ3) is 2.81. The molecule has 0 spiro atoms. The molecular weight excluding hydrogens is 360 g/mol. The Kier molecular flexibility index (Phi) is 4.19. The average molecular weight is 372 g/mol. The fourth-order valence-electron chi connectivity index (χ4n) is 1.45. The van der Waals surface area contributed by atoms with Crippen molar-refractivity contribution in [3.8, 4) is 0 Å². The van der Waals surface area contributed by atoms with Gasteiger partial charge >= 0.3 is 0 Å². The molecule has 0 radical (unpaired) electrons. The van der Waals surface area contributed by atoms with E-state index in [-0.39, 0.29) is 0 Å². The summed E-state index contributed by atoms with van der Waals surface area (Å²) < 4.78 is 1.84. The van der Waals surface area contributed by atoms with Crippen LogP contribution in [0.5, 0.6) is 0 Å². The lowest BCUT2D eigenvalue weighted by atomic mass is 10.2. The number of halogens is 2. The molecule has 0 aliphatic rings. The lowest BCUT2D eigenvalue weighted by molar-refractivity contribution is 1.14. The number of aryl methyl sites for hydroxylation is 1. The molecule has 0 aliphatic heterocycles. The molecule has 1 aromatic carbocycles. The molecule has 18 heavy (non-hydrogen) atoms. The SMILES string of the molecule is CNc1ncc(Br)c(Nc2cccc(C)c2Br)n1. The van der Waals surface area contributed by atoms with E-state index >= 15 is 0 Å². The van der Waals surface area contributed by atoms with E-state index in [1.807, 2.05) is 25.1 Å². The number of hydrogen-bond acceptors (Lipinski definition) is 4. The minimum absolute atomic E-state index is 0.574. The molecule has 2 N–H and O–H groups in total. The van der Waals surface area contributed by atoms with Gasteiger partial charge in [0.25, 0.3) is 0 Å². The number of benzene rings is 1. The standard InChI is InChI=1S/C12H12Br2N4/c1-7-4-3-5-9(10(7)14)17-11-8(13)6-16-12(15-2)18-11/h3-6H,1-2H3,(H2,15,16,17,18). The number of nitrogens with zero attached hydrogens (tertiary/aromatic N) is 2. The first-order valence-electron chi connectivity index (χ1n) is 5.34. The third-order valence-corrected chi connectivity index (χ3v) is 4.05. The van der Waals surface area contributed by atoms with Crippen molar-refractivity contribution >= 4 is 49.3 Å². The molecule has 0 fully saturated rings. The summed E-state index contributed by atoms with van der Waals surface area (Å²) in [5, 5.41) is 6.18. The zero-order chi connectivity index (χ0) is 13.1. The first-order chi connectivity index (χ1) is 8.61. The molecule has 94 valence electrons. The van der Waals surface area contributed by atoms with E-state index < -0.39 is 0 Å². The molecule has 0 saturated carbocycles. The van der Waals surface area contributed by atoms with Crippen molar-refractivity contribution in [2.45, 2.75) is 6.92 Å². The van der Waals surface area contributed by atoms with Gasteiger partial charge in [0.2, 0.25) is 5.95 Å². The van der Waals surface area contributed by atoms with E-state index in [1.54, 1.807) is 13.2 Å². The van der Waals surface area contributed by atoms with Gasteiger partial charge in [-0.05, 0) is 50.4 Å². The first-order valence-corrected chi connectivity index (χ1v) is 6.93. The van der Waals surface area contributed by atoms with Crippen molar-refractivity contribution in [2.24, 2.45) is 0 Å². The van der Waals surface area contributed by atoms with E-state index in [9.17, 15) is 0 Å². The highest BCUT2D eigenvalue weighted by atomic mass is 79.9. The monoisotopic (exact) mass is 370 g/mol. The van der Waals surface area contributed by atoms with Crippen molar-refractivity contribution in [3.05, 3.63) is 38.9 Å². The Morgan fingerprint density at radius 2 is 2.00 bits per heavy atom. The van der Waals surface area contributed by atoms with Crippen LogP contribution in [0, 0.1) is 6.92 Å². The van der Waals surface area contributed by atoms with Gasteiger partial charge in [0.05, 0.1) is 10.2 Å². The number of rotatable bonds is 3. The van der Waals surface area contributed by atoms with Gasteiger partial charge in [0.1, 0.15) is 5.82 Å². The average Bonchev–Trinajstić information content (AvgIpc) is 2.37. The second kappa shape index (κ2) is 5.67. The zero-order valence-corrected chi connectivity index (χ0v) is 13.1. The topological polar surface area (TPSA) is 49.8 Å². The largest absolute Gasteiger partial charge is 0.357 e. The molecule has 0 aliphatic carbocycles. The van der Waals surface area contributed by atoms with Crippen LogP contribution in [-0.4, -0.2) is 17.0 Å². The van der Waals surface area contributed by atoms with Crippen LogP contribution in [-0.2, 0) is 0 Å². The molecule has 6 heteroatoms. The lowest BCUT2D eigenvalue weighted by Gasteiger charge is -2.11. The Labute approximate surface area is 122 Å². The smallest absolute Gasteiger partial charge is 0.224 e. The van der Waals surface area contributed by atoms with Gasteiger partial charge in [-0.2, -0.15) is 4.98 Å². The Morgan fingerprint density at radius 3 is 2.72 bits per heavy atom. The molecule has 0 saturated heterocycles. The predicted molar refractivity (Wildman–Crippen MR) is 81.4 cm³/mol. The van der Waals surface area contributed by atoms with Gasteiger partial charge in [0, 0.05) is 17.7 Å². The summed E-state index contributed by atoms with van der Waals surface area (Å²) in [4.78, 5) is 8.47. The maximum atomic E-state index is 4.36. The Bertz CT molecular complexity index is 572. The highest BCUT2D eigenvalue weighted by molar-refractivity contribution is 9.11. The van der Waals surface area contributed by atoms with Crippen LogP contribution < -0.4 is 10.6 Å². The quantitative estimate of drug-likeness (QED) is 0.852. The lowest BCUT2D eigenvalue weighted by Crippen LogP contribution is -2.01. The van der Waals surface area contributed by atoms with E-state index in [1.165, 1.54) is 5.56 Å². The van der Waals surface area contributed by atoms with E-state index in [2.05, 4.69) is 52.5 Å². The summed E-state index contributed by atoms with van der Waals surface area (Å²) >= 11 is 6.99. The Hall–Kier alpha value is -1.14. The molecule has 1 heterocycles. The number of nitrogens with one attached hydrogen (secondary N) is 2. The van der Waals surface area contributed by atoms with Crippen molar-refractivity contribution < 1.29 is 0 Å². The van der Waals surface area contributed by atoms with Gasteiger partial charge in [-0.1, -0.05) is 12.1 Å². The summed E-state index contributed by atoms with van der Waals surface area (Å²) in [6.45, 7) is 2.04. The van der Waals surface area contributed by atoms with Crippen LogP contribution in [0.15, 0.2) is 33.3 Å². The highest BCUT2D eigenvalue weighted by Gasteiger charge is 2.07. The summed E-state index contributed by atoms with van der Waals surface area (Å²) in [6, 6.07) is 6.03.